The molecular formula is C12H7F9O2. The molecule has 0 aliphatic rings. The molecule has 0 fully saturated rings. The van der Waals surface area contributed by atoms with Crippen LogP contribution in [0.5, 0.6) is 11.5 Å². The lowest BCUT2D eigenvalue weighted by Gasteiger charge is -2.32. The molecule has 0 atom stereocenters. The van der Waals surface area contributed by atoms with E-state index in [1.807, 2.05) is 0 Å². The summed E-state index contributed by atoms with van der Waals surface area (Å²) >= 11 is 0. The molecule has 0 heterocycles. The molecule has 2 nitrogen and oxygen atoms in total. The number of ether oxygens (including phenoxy) is 1. The van der Waals surface area contributed by atoms with Crippen molar-refractivity contribution < 1.29 is 49.4 Å². The van der Waals surface area contributed by atoms with Gasteiger partial charge < -0.3 is 9.84 Å². The fourth-order valence-corrected chi connectivity index (χ4v) is 1.21. The van der Waals surface area contributed by atoms with Crippen LogP contribution < -0.4 is 4.74 Å². The highest BCUT2D eigenvalue weighted by molar-refractivity contribution is 5.30. The molecule has 0 aliphatic carbocycles. The smallest absolute Gasteiger partial charge is 0.460 e. The van der Waals surface area contributed by atoms with Crippen molar-refractivity contribution in [3.8, 4) is 11.5 Å². The van der Waals surface area contributed by atoms with Gasteiger partial charge in [-0.1, -0.05) is 0 Å². The molecule has 0 spiro atoms. The van der Waals surface area contributed by atoms with Gasteiger partial charge >= 0.3 is 23.9 Å². The molecule has 1 rings (SSSR count). The second-order valence-corrected chi connectivity index (χ2v) is 4.18. The molecule has 0 radical (unpaired) electrons. The molecule has 23 heavy (non-hydrogen) atoms. The minimum atomic E-state index is -6.95. The number of halogens is 9. The fraction of sp³-hybridized carbons (Fsp3) is 0.333. The molecule has 1 aromatic carbocycles. The molecule has 11 heteroatoms. The summed E-state index contributed by atoms with van der Waals surface area (Å²) in [7, 11) is 0. The number of phenolic OH excluding ortho intramolecular Hbond substituents is 1. The van der Waals surface area contributed by atoms with Gasteiger partial charge in [-0.2, -0.15) is 39.5 Å². The van der Waals surface area contributed by atoms with E-state index in [1.54, 1.807) is 0 Å². The Morgan fingerprint density at radius 1 is 0.783 bits per heavy atom. The third kappa shape index (κ3) is 3.64. The van der Waals surface area contributed by atoms with Gasteiger partial charge in [0, 0.05) is 6.08 Å². The van der Waals surface area contributed by atoms with Gasteiger partial charge in [0.1, 0.15) is 11.5 Å². The number of aromatic hydroxyl groups is 1. The van der Waals surface area contributed by atoms with Crippen molar-refractivity contribution in [2.45, 2.75) is 23.9 Å². The summed E-state index contributed by atoms with van der Waals surface area (Å²) in [6, 6.07) is 4.04. The van der Waals surface area contributed by atoms with Crippen molar-refractivity contribution >= 4 is 0 Å². The Balaban J connectivity index is 2.96. The molecule has 1 aromatic rings. The largest absolute Gasteiger partial charge is 0.508 e. The van der Waals surface area contributed by atoms with E-state index >= 15 is 0 Å². The Morgan fingerprint density at radius 2 is 1.26 bits per heavy atom. The summed E-state index contributed by atoms with van der Waals surface area (Å²) in [5, 5.41) is 8.90. The number of rotatable bonds is 5. The zero-order valence-corrected chi connectivity index (χ0v) is 10.7. The predicted octanol–water partition coefficient (Wildman–Crippen LogP) is 4.75. The normalized spacial score (nSPS) is 14.3. The third-order valence-electron chi connectivity index (χ3n) is 2.49. The van der Waals surface area contributed by atoms with Gasteiger partial charge in [0.05, 0.1) is 6.26 Å². The Morgan fingerprint density at radius 3 is 1.70 bits per heavy atom. The molecule has 0 aromatic heterocycles. The average Bonchev–Trinajstić information content (AvgIpc) is 2.39. The lowest BCUT2D eigenvalue weighted by Crippen LogP contribution is -2.60. The highest BCUT2D eigenvalue weighted by atomic mass is 19.4. The van der Waals surface area contributed by atoms with Crippen LogP contribution in [0.1, 0.15) is 0 Å². The summed E-state index contributed by atoms with van der Waals surface area (Å²) < 4.78 is 117. The van der Waals surface area contributed by atoms with Crippen molar-refractivity contribution in [3.63, 3.8) is 0 Å². The predicted molar refractivity (Wildman–Crippen MR) is 58.8 cm³/mol. The standard InChI is InChI=1S/C12H7F9O2/c13-9(14,10(15,16)11(17,18)12(19,20)21)5-6-23-8-3-1-7(22)2-4-8/h1-6,22H. The molecule has 0 amide bonds. The van der Waals surface area contributed by atoms with E-state index in [9.17, 15) is 39.5 Å². The zero-order valence-electron chi connectivity index (χ0n) is 10.7. The van der Waals surface area contributed by atoms with E-state index in [4.69, 9.17) is 5.11 Å². The third-order valence-corrected chi connectivity index (χ3v) is 2.49. The molecular weight excluding hydrogens is 347 g/mol. The minimum absolute atomic E-state index is 0.160. The van der Waals surface area contributed by atoms with Gasteiger partial charge in [-0.15, -0.1) is 0 Å². The second kappa shape index (κ2) is 5.85. The summed E-state index contributed by atoms with van der Waals surface area (Å²) in [6.45, 7) is 0. The molecule has 1 N–H and O–H groups in total. The van der Waals surface area contributed by atoms with Crippen LogP contribution in [0, 0.1) is 0 Å². The van der Waals surface area contributed by atoms with Crippen LogP contribution in [-0.2, 0) is 0 Å². The average molecular weight is 354 g/mol. The number of hydrogen-bond donors (Lipinski definition) is 1. The van der Waals surface area contributed by atoms with Crippen LogP contribution >= 0.6 is 0 Å². The number of allylic oxidation sites excluding steroid dienone is 1. The number of alkyl halides is 9. The van der Waals surface area contributed by atoms with Gasteiger partial charge in [0.25, 0.3) is 0 Å². The van der Waals surface area contributed by atoms with E-state index in [1.165, 1.54) is 0 Å². The highest BCUT2D eigenvalue weighted by Crippen LogP contribution is 2.53. The van der Waals surface area contributed by atoms with Crippen LogP contribution in [0.2, 0.25) is 0 Å². The quantitative estimate of drug-likeness (QED) is 0.611. The SMILES string of the molecule is Oc1ccc(OC=CC(F)(F)C(F)(F)C(F)(F)C(F)(F)F)cc1. The summed E-state index contributed by atoms with van der Waals surface area (Å²) in [5.74, 6) is -20.0. The number of hydrogen-bond acceptors (Lipinski definition) is 2. The molecule has 0 saturated carbocycles. The van der Waals surface area contributed by atoms with Gasteiger partial charge in [-0.3, -0.25) is 0 Å². The van der Waals surface area contributed by atoms with Gasteiger partial charge in [-0.05, 0) is 24.3 Å². The maximum atomic E-state index is 13.1. The van der Waals surface area contributed by atoms with Crippen LogP contribution in [0.15, 0.2) is 36.6 Å². The van der Waals surface area contributed by atoms with Crippen molar-refractivity contribution in [3.05, 3.63) is 36.6 Å². The number of phenols is 1. The Kier molecular flexibility index (Phi) is 4.83. The topological polar surface area (TPSA) is 29.5 Å². The van der Waals surface area contributed by atoms with E-state index in [0.717, 1.165) is 24.3 Å². The van der Waals surface area contributed by atoms with E-state index in [0.29, 0.717) is 0 Å². The first-order valence-corrected chi connectivity index (χ1v) is 5.56. The Hall–Kier alpha value is -2.07. The lowest BCUT2D eigenvalue weighted by molar-refractivity contribution is -0.388. The van der Waals surface area contributed by atoms with Crippen molar-refractivity contribution in [2.24, 2.45) is 0 Å². The zero-order chi connectivity index (χ0) is 18.1. The van der Waals surface area contributed by atoms with Gasteiger partial charge in [-0.25, -0.2) is 0 Å². The Labute approximate surface area is 122 Å². The van der Waals surface area contributed by atoms with Crippen LogP contribution in [-0.4, -0.2) is 29.1 Å². The fourth-order valence-electron chi connectivity index (χ4n) is 1.21. The van der Waals surface area contributed by atoms with E-state index in [-0.39, 0.29) is 17.8 Å². The molecule has 0 unspecified atom stereocenters. The molecule has 0 bridgehead atoms. The van der Waals surface area contributed by atoms with Crippen molar-refractivity contribution in [2.75, 3.05) is 0 Å². The second-order valence-electron chi connectivity index (χ2n) is 4.18. The molecule has 130 valence electrons. The molecule has 0 aliphatic heterocycles. The maximum Gasteiger partial charge on any atom is 0.460 e. The number of benzene rings is 1. The van der Waals surface area contributed by atoms with Crippen LogP contribution in [0.25, 0.3) is 0 Å². The first kappa shape index (κ1) is 19.0. The first-order valence-electron chi connectivity index (χ1n) is 5.56. The summed E-state index contributed by atoms with van der Waals surface area (Å²) in [5.41, 5.74) is 0. The monoisotopic (exact) mass is 354 g/mol. The minimum Gasteiger partial charge on any atom is -0.508 e. The van der Waals surface area contributed by atoms with Crippen molar-refractivity contribution in [1.29, 1.82) is 0 Å². The van der Waals surface area contributed by atoms with E-state index < -0.39 is 30.0 Å². The molecule has 0 saturated heterocycles. The van der Waals surface area contributed by atoms with Gasteiger partial charge in [0.15, 0.2) is 0 Å². The lowest BCUT2D eigenvalue weighted by atomic mass is 10.0. The summed E-state index contributed by atoms with van der Waals surface area (Å²) in [6.07, 6.45) is -7.95. The van der Waals surface area contributed by atoms with Crippen molar-refractivity contribution in [1.82, 2.24) is 0 Å². The Bertz CT molecular complexity index is 561. The first-order chi connectivity index (χ1) is 10.2. The van der Waals surface area contributed by atoms with Crippen LogP contribution in [0.3, 0.4) is 0 Å². The van der Waals surface area contributed by atoms with Crippen LogP contribution in [0.4, 0.5) is 39.5 Å². The van der Waals surface area contributed by atoms with E-state index in [2.05, 4.69) is 4.74 Å². The highest BCUT2D eigenvalue weighted by Gasteiger charge is 2.81. The summed E-state index contributed by atoms with van der Waals surface area (Å²) in [4.78, 5) is 0. The van der Waals surface area contributed by atoms with Gasteiger partial charge in [0.2, 0.25) is 0 Å². The maximum absolute atomic E-state index is 13.1.